The molecule has 0 aliphatic heterocycles. The minimum atomic E-state index is -4.97. The predicted octanol–water partition coefficient (Wildman–Crippen LogP) is 25.7. The lowest BCUT2D eigenvalue weighted by Gasteiger charge is -2.21. The van der Waals surface area contributed by atoms with Crippen LogP contribution in [0.5, 0.6) is 0 Å². The second-order valence-electron chi connectivity index (χ2n) is 31.5. The van der Waals surface area contributed by atoms with Gasteiger partial charge >= 0.3 is 39.5 Å². The van der Waals surface area contributed by atoms with E-state index in [4.69, 9.17) is 37.0 Å². The molecule has 0 saturated heterocycles. The maximum absolute atomic E-state index is 13.1. The molecule has 0 rings (SSSR count). The Balaban J connectivity index is 5.21. The SMILES string of the molecule is CCCCCCCCCCCCCCCCCCCCCCCC(=O)OC[C@H](COP(=O)(O)OC[C@@H](O)COP(=O)(O)OC[C@@H](COC(=O)CCCCCCCCC(C)CC)OC(=O)CCCCCCCCCCC(C)CC)OC(=O)CCCCCCCCCCCCCCCCCCCCC(C)C. The summed E-state index contributed by atoms with van der Waals surface area (Å²) in [5, 5.41) is 10.7. The Bertz CT molecular complexity index is 2010. The molecule has 0 aromatic rings. The van der Waals surface area contributed by atoms with Crippen molar-refractivity contribution in [2.24, 2.45) is 17.8 Å². The molecule has 0 heterocycles. The zero-order valence-corrected chi connectivity index (χ0v) is 70.3. The van der Waals surface area contributed by atoms with Crippen molar-refractivity contribution in [1.82, 2.24) is 0 Å². The molecule has 618 valence electrons. The topological polar surface area (TPSA) is 237 Å². The van der Waals surface area contributed by atoms with Crippen LogP contribution in [0.15, 0.2) is 0 Å². The van der Waals surface area contributed by atoms with Crippen LogP contribution in [-0.2, 0) is 65.4 Å². The van der Waals surface area contributed by atoms with Crippen LogP contribution in [0.25, 0.3) is 0 Å². The summed E-state index contributed by atoms with van der Waals surface area (Å²) in [5.74, 6) is 0.210. The number of phosphoric ester groups is 2. The van der Waals surface area contributed by atoms with Gasteiger partial charge in [-0.3, -0.25) is 37.3 Å². The third-order valence-corrected chi connectivity index (χ3v) is 22.5. The van der Waals surface area contributed by atoms with E-state index in [0.29, 0.717) is 25.7 Å². The normalized spacial score (nSPS) is 14.4. The molecule has 0 saturated carbocycles. The molecule has 0 fully saturated rings. The molecule has 19 heteroatoms. The fourth-order valence-corrected chi connectivity index (χ4v) is 14.7. The Kier molecular flexibility index (Phi) is 73.7. The van der Waals surface area contributed by atoms with Gasteiger partial charge < -0.3 is 33.8 Å². The molecular formula is C85H166O17P2. The zero-order valence-electron chi connectivity index (χ0n) is 68.5. The van der Waals surface area contributed by atoms with Gasteiger partial charge in [0.15, 0.2) is 12.2 Å². The first kappa shape index (κ1) is 102. The zero-order chi connectivity index (χ0) is 76.5. The molecule has 0 radical (unpaired) electrons. The number of esters is 4. The first-order chi connectivity index (χ1) is 50.3. The third kappa shape index (κ3) is 75.5. The number of carbonyl (C=O) groups is 4. The summed E-state index contributed by atoms with van der Waals surface area (Å²) < 4.78 is 68.8. The molecule has 0 aliphatic carbocycles. The van der Waals surface area contributed by atoms with E-state index >= 15 is 0 Å². The number of aliphatic hydroxyl groups is 1. The van der Waals surface area contributed by atoms with Gasteiger partial charge in [0.1, 0.15) is 19.3 Å². The van der Waals surface area contributed by atoms with Crippen molar-refractivity contribution in [3.8, 4) is 0 Å². The minimum Gasteiger partial charge on any atom is -0.462 e. The van der Waals surface area contributed by atoms with Crippen LogP contribution in [0, 0.1) is 17.8 Å². The van der Waals surface area contributed by atoms with Gasteiger partial charge in [-0.1, -0.05) is 395 Å². The number of ether oxygens (including phenoxy) is 4. The second-order valence-corrected chi connectivity index (χ2v) is 34.4. The average molecular weight is 1520 g/mol. The quantitative estimate of drug-likeness (QED) is 0.0222. The molecule has 0 aromatic heterocycles. The lowest BCUT2D eigenvalue weighted by atomic mass is 9.99. The van der Waals surface area contributed by atoms with Crippen molar-refractivity contribution in [2.75, 3.05) is 39.6 Å². The largest absolute Gasteiger partial charge is 0.472 e. The maximum Gasteiger partial charge on any atom is 0.472 e. The highest BCUT2D eigenvalue weighted by Crippen LogP contribution is 2.45. The molecule has 104 heavy (non-hydrogen) atoms. The molecule has 0 aromatic carbocycles. The van der Waals surface area contributed by atoms with Gasteiger partial charge in [-0.2, -0.15) is 0 Å². The molecular weight excluding hydrogens is 1350 g/mol. The van der Waals surface area contributed by atoms with Crippen LogP contribution in [0.2, 0.25) is 0 Å². The lowest BCUT2D eigenvalue weighted by molar-refractivity contribution is -0.161. The van der Waals surface area contributed by atoms with E-state index in [2.05, 4.69) is 48.5 Å². The summed E-state index contributed by atoms with van der Waals surface area (Å²) in [6.45, 7) is 11.9. The van der Waals surface area contributed by atoms with Crippen LogP contribution < -0.4 is 0 Å². The summed E-state index contributed by atoms with van der Waals surface area (Å²) in [6.07, 6.45) is 65.5. The van der Waals surface area contributed by atoms with E-state index in [1.807, 2.05) is 0 Å². The Hall–Kier alpha value is -1.94. The highest BCUT2D eigenvalue weighted by Gasteiger charge is 2.30. The van der Waals surface area contributed by atoms with Gasteiger partial charge in [0.25, 0.3) is 0 Å². The van der Waals surface area contributed by atoms with E-state index < -0.39 is 97.5 Å². The highest BCUT2D eigenvalue weighted by atomic mass is 31.2. The number of aliphatic hydroxyl groups excluding tert-OH is 1. The molecule has 17 nitrogen and oxygen atoms in total. The number of unbranched alkanes of at least 4 members (excludes halogenated alkanes) is 49. The lowest BCUT2D eigenvalue weighted by Crippen LogP contribution is -2.30. The summed E-state index contributed by atoms with van der Waals surface area (Å²) in [6, 6.07) is 0. The van der Waals surface area contributed by atoms with Crippen molar-refractivity contribution in [3.05, 3.63) is 0 Å². The van der Waals surface area contributed by atoms with E-state index in [0.717, 1.165) is 114 Å². The van der Waals surface area contributed by atoms with E-state index in [1.165, 1.54) is 250 Å². The van der Waals surface area contributed by atoms with Crippen molar-refractivity contribution < 1.29 is 80.2 Å². The Morgan fingerprint density at radius 1 is 0.279 bits per heavy atom. The summed E-state index contributed by atoms with van der Waals surface area (Å²) >= 11 is 0. The fourth-order valence-electron chi connectivity index (χ4n) is 13.1. The molecule has 3 N–H and O–H groups in total. The van der Waals surface area contributed by atoms with Gasteiger partial charge in [0.2, 0.25) is 0 Å². The van der Waals surface area contributed by atoms with Crippen LogP contribution >= 0.6 is 15.6 Å². The van der Waals surface area contributed by atoms with E-state index in [1.54, 1.807) is 0 Å². The van der Waals surface area contributed by atoms with Gasteiger partial charge in [-0.05, 0) is 43.4 Å². The Morgan fingerprint density at radius 3 is 0.731 bits per heavy atom. The fraction of sp³-hybridized carbons (Fsp3) is 0.953. The summed E-state index contributed by atoms with van der Waals surface area (Å²) in [5.41, 5.74) is 0. The smallest absolute Gasteiger partial charge is 0.462 e. The Morgan fingerprint density at radius 2 is 0.490 bits per heavy atom. The monoisotopic (exact) mass is 1520 g/mol. The molecule has 0 spiro atoms. The van der Waals surface area contributed by atoms with Crippen molar-refractivity contribution in [1.29, 1.82) is 0 Å². The van der Waals surface area contributed by atoms with Crippen molar-refractivity contribution >= 4 is 39.5 Å². The van der Waals surface area contributed by atoms with E-state index in [9.17, 15) is 43.2 Å². The second kappa shape index (κ2) is 75.1. The first-order valence-electron chi connectivity index (χ1n) is 43.9. The minimum absolute atomic E-state index is 0.104. The average Bonchev–Trinajstić information content (AvgIpc) is 0.916. The number of hydrogen-bond donors (Lipinski definition) is 3. The van der Waals surface area contributed by atoms with Crippen LogP contribution in [0.4, 0.5) is 0 Å². The summed E-state index contributed by atoms with van der Waals surface area (Å²) in [4.78, 5) is 73.1. The van der Waals surface area contributed by atoms with Crippen LogP contribution in [-0.4, -0.2) is 96.7 Å². The number of phosphoric acid groups is 2. The predicted molar refractivity (Wildman–Crippen MR) is 428 cm³/mol. The molecule has 4 unspecified atom stereocenters. The number of hydrogen-bond acceptors (Lipinski definition) is 15. The van der Waals surface area contributed by atoms with Crippen LogP contribution in [0.3, 0.4) is 0 Å². The van der Waals surface area contributed by atoms with Gasteiger partial charge in [0, 0.05) is 25.7 Å². The number of carbonyl (C=O) groups excluding carboxylic acids is 4. The van der Waals surface area contributed by atoms with Gasteiger partial charge in [0.05, 0.1) is 26.4 Å². The number of rotatable bonds is 83. The standard InChI is InChI=1S/C85H166O17P2/c1-8-11-12-13-14-15-16-17-18-19-20-21-22-26-29-32-35-38-44-52-59-66-82(87)95-72-80(101-84(89)68-61-54-45-39-36-33-30-27-24-23-25-28-31-34-37-42-49-56-63-76(4)5)74-99-103(91,92)97-70-79(86)71-98-104(93,94)100-75-81(73-96-83(88)67-60-53-48-47-51-58-65-78(7)10-3)102-85(90)69-62-55-46-41-40-43-50-57-64-77(6)9-2/h76-81,86H,8-75H2,1-7H3,(H,91,92)(H,93,94)/t77?,78?,79-,80-,81-/m1/s1. The highest BCUT2D eigenvalue weighted by molar-refractivity contribution is 7.47. The van der Waals surface area contributed by atoms with E-state index in [-0.39, 0.29) is 25.7 Å². The molecule has 7 atom stereocenters. The van der Waals surface area contributed by atoms with Crippen molar-refractivity contribution in [3.63, 3.8) is 0 Å². The van der Waals surface area contributed by atoms with Gasteiger partial charge in [-0.25, -0.2) is 9.13 Å². The first-order valence-corrected chi connectivity index (χ1v) is 46.9. The Labute approximate surface area is 638 Å². The van der Waals surface area contributed by atoms with Gasteiger partial charge in [-0.15, -0.1) is 0 Å². The maximum atomic E-state index is 13.1. The molecule has 0 aliphatic rings. The third-order valence-electron chi connectivity index (χ3n) is 20.6. The van der Waals surface area contributed by atoms with Crippen LogP contribution in [0.1, 0.15) is 447 Å². The molecule has 0 bridgehead atoms. The molecule has 0 amide bonds. The van der Waals surface area contributed by atoms with Crippen molar-refractivity contribution in [2.45, 2.75) is 465 Å². The summed E-state index contributed by atoms with van der Waals surface area (Å²) in [7, 11) is -9.93.